The Bertz CT molecular complexity index is 991. The maximum Gasteiger partial charge on any atom is 0.455 e. The molecule has 0 spiro atoms. The summed E-state index contributed by atoms with van der Waals surface area (Å²) >= 11 is 0. The maximum absolute atomic E-state index is 13.3. The number of amides is 1. The highest BCUT2D eigenvalue weighted by Gasteiger charge is 2.42. The van der Waals surface area contributed by atoms with Crippen molar-refractivity contribution in [1.29, 1.82) is 0 Å². The summed E-state index contributed by atoms with van der Waals surface area (Å²) in [5.41, 5.74) is 2.06. The SMILES string of the molecule is C=[N+](C(=O)C(F)F)C(C)(C)OC(CCF)c1ccc(-c2ccc(C(C)N3CCOCC3)nc2)cc1. The average molecular weight is 493 g/mol. The zero-order valence-corrected chi connectivity index (χ0v) is 20.4. The molecule has 2 aromatic rings. The van der Waals surface area contributed by atoms with Crippen LogP contribution in [0, 0.1) is 0 Å². The molecule has 9 heteroatoms. The fourth-order valence-corrected chi connectivity index (χ4v) is 4.05. The van der Waals surface area contributed by atoms with Gasteiger partial charge in [0.2, 0.25) is 0 Å². The maximum atomic E-state index is 13.3. The van der Waals surface area contributed by atoms with Crippen LogP contribution in [0.4, 0.5) is 13.2 Å². The van der Waals surface area contributed by atoms with Gasteiger partial charge in [-0.2, -0.15) is 8.78 Å². The van der Waals surface area contributed by atoms with E-state index in [-0.39, 0.29) is 12.5 Å². The average Bonchev–Trinajstić information content (AvgIpc) is 2.87. The predicted molar refractivity (Wildman–Crippen MR) is 127 cm³/mol. The molecule has 3 rings (SSSR count). The second kappa shape index (κ2) is 11.9. The van der Waals surface area contributed by atoms with Gasteiger partial charge in [0.05, 0.1) is 31.7 Å². The Labute approximate surface area is 204 Å². The van der Waals surface area contributed by atoms with Crippen molar-refractivity contribution in [2.75, 3.05) is 33.0 Å². The number of nitrogens with zero attached hydrogens (tertiary/aromatic N) is 3. The Morgan fingerprint density at radius 1 is 1.17 bits per heavy atom. The van der Waals surface area contributed by atoms with Crippen LogP contribution in [0.25, 0.3) is 11.1 Å². The summed E-state index contributed by atoms with van der Waals surface area (Å²) in [5, 5.41) is 0. The number of hydrogen-bond donors (Lipinski definition) is 0. The molecule has 1 amide bonds. The van der Waals surface area contributed by atoms with E-state index in [0.717, 1.165) is 43.1 Å². The summed E-state index contributed by atoms with van der Waals surface area (Å²) in [6.07, 6.45) is -2.11. The number of carbonyl (C=O) groups is 1. The fourth-order valence-electron chi connectivity index (χ4n) is 4.05. The van der Waals surface area contributed by atoms with E-state index in [1.54, 1.807) is 12.1 Å². The van der Waals surface area contributed by atoms with Gasteiger partial charge in [0.25, 0.3) is 5.72 Å². The van der Waals surface area contributed by atoms with Crippen LogP contribution in [0.1, 0.15) is 50.6 Å². The second-order valence-corrected chi connectivity index (χ2v) is 9.02. The summed E-state index contributed by atoms with van der Waals surface area (Å²) in [5.74, 6) is -1.46. The van der Waals surface area contributed by atoms with E-state index in [4.69, 9.17) is 9.47 Å². The summed E-state index contributed by atoms with van der Waals surface area (Å²) in [6, 6.07) is 11.6. The van der Waals surface area contributed by atoms with Crippen LogP contribution >= 0.6 is 0 Å². The third-order valence-corrected chi connectivity index (χ3v) is 6.33. The first-order valence-corrected chi connectivity index (χ1v) is 11.7. The molecule has 1 saturated heterocycles. The van der Waals surface area contributed by atoms with E-state index in [9.17, 15) is 18.0 Å². The van der Waals surface area contributed by atoms with Gasteiger partial charge in [-0.3, -0.25) is 14.3 Å². The molecule has 2 atom stereocenters. The quantitative estimate of drug-likeness (QED) is 0.271. The highest BCUT2D eigenvalue weighted by Crippen LogP contribution is 2.30. The normalized spacial score (nSPS) is 16.8. The number of morpholine rings is 1. The monoisotopic (exact) mass is 492 g/mol. The molecule has 1 aliphatic heterocycles. The topological polar surface area (TPSA) is 54.7 Å². The van der Waals surface area contributed by atoms with Crippen molar-refractivity contribution in [3.8, 4) is 11.1 Å². The second-order valence-electron chi connectivity index (χ2n) is 9.02. The minimum atomic E-state index is -3.20. The minimum absolute atomic E-state index is 0.00909. The number of alkyl halides is 3. The third-order valence-electron chi connectivity index (χ3n) is 6.33. The number of carbonyl (C=O) groups excluding carboxylic acids is 1. The van der Waals surface area contributed by atoms with Crippen LogP contribution in [0.15, 0.2) is 42.6 Å². The molecular formula is C26H33F3N3O3+. The van der Waals surface area contributed by atoms with Crippen LogP contribution in [-0.4, -0.2) is 72.2 Å². The van der Waals surface area contributed by atoms with E-state index >= 15 is 0 Å². The highest BCUT2D eigenvalue weighted by atomic mass is 19.3. The molecule has 1 aliphatic rings. The van der Waals surface area contributed by atoms with E-state index in [0.29, 0.717) is 10.1 Å². The number of hydrogen-bond acceptors (Lipinski definition) is 5. The Morgan fingerprint density at radius 3 is 2.34 bits per heavy atom. The smallest absolute Gasteiger partial charge is 0.379 e. The largest absolute Gasteiger partial charge is 0.455 e. The molecular weight excluding hydrogens is 459 g/mol. The predicted octanol–water partition coefficient (Wildman–Crippen LogP) is 4.80. The van der Waals surface area contributed by atoms with Gasteiger partial charge in [0, 0.05) is 51.2 Å². The molecule has 190 valence electrons. The van der Waals surface area contributed by atoms with Gasteiger partial charge in [-0.05, 0) is 24.1 Å². The molecule has 0 bridgehead atoms. The lowest BCUT2D eigenvalue weighted by atomic mass is 10.0. The van der Waals surface area contributed by atoms with Crippen LogP contribution in [0.3, 0.4) is 0 Å². The molecule has 0 saturated carbocycles. The van der Waals surface area contributed by atoms with Crippen molar-refractivity contribution < 1.29 is 32.0 Å². The molecule has 6 nitrogen and oxygen atoms in total. The van der Waals surface area contributed by atoms with Crippen molar-refractivity contribution in [3.05, 3.63) is 53.9 Å². The van der Waals surface area contributed by atoms with Gasteiger partial charge in [-0.25, -0.2) is 4.79 Å². The summed E-state index contributed by atoms with van der Waals surface area (Å²) < 4.78 is 50.8. The number of pyridine rings is 1. The first-order valence-electron chi connectivity index (χ1n) is 11.7. The van der Waals surface area contributed by atoms with Crippen molar-refractivity contribution in [2.45, 2.75) is 51.5 Å². The molecule has 1 aromatic carbocycles. The number of halogens is 3. The third kappa shape index (κ3) is 6.74. The molecule has 2 unspecified atom stereocenters. The molecule has 1 fully saturated rings. The van der Waals surface area contributed by atoms with E-state index in [2.05, 4.69) is 23.5 Å². The summed E-state index contributed by atoms with van der Waals surface area (Å²) in [6.45, 7) is 11.0. The van der Waals surface area contributed by atoms with Crippen LogP contribution in [0.2, 0.25) is 0 Å². The Morgan fingerprint density at radius 2 is 1.80 bits per heavy atom. The molecule has 0 N–H and O–H groups in total. The molecule has 1 aromatic heterocycles. The molecule has 35 heavy (non-hydrogen) atoms. The van der Waals surface area contributed by atoms with E-state index in [1.165, 1.54) is 13.8 Å². The Kier molecular flexibility index (Phi) is 9.15. The van der Waals surface area contributed by atoms with E-state index < -0.39 is 30.8 Å². The van der Waals surface area contributed by atoms with Crippen LogP contribution in [0.5, 0.6) is 0 Å². The number of aromatic nitrogens is 1. The van der Waals surface area contributed by atoms with Gasteiger partial charge in [0.1, 0.15) is 6.72 Å². The fraction of sp³-hybridized carbons (Fsp3) is 0.500. The zero-order chi connectivity index (χ0) is 25.6. The van der Waals surface area contributed by atoms with Gasteiger partial charge >= 0.3 is 12.3 Å². The van der Waals surface area contributed by atoms with Gasteiger partial charge in [0.15, 0.2) is 0 Å². The van der Waals surface area contributed by atoms with E-state index in [1.807, 2.05) is 30.5 Å². The highest BCUT2D eigenvalue weighted by molar-refractivity contribution is 5.72. The van der Waals surface area contributed by atoms with Crippen molar-refractivity contribution in [2.24, 2.45) is 0 Å². The van der Waals surface area contributed by atoms with Gasteiger partial charge < -0.3 is 9.47 Å². The molecule has 0 aliphatic carbocycles. The van der Waals surface area contributed by atoms with Gasteiger partial charge in [-0.1, -0.05) is 30.3 Å². The van der Waals surface area contributed by atoms with Crippen molar-refractivity contribution in [3.63, 3.8) is 0 Å². The lowest BCUT2D eigenvalue weighted by Gasteiger charge is -2.31. The summed E-state index contributed by atoms with van der Waals surface area (Å²) in [7, 11) is 0. The first kappa shape index (κ1) is 27.0. The molecule has 0 radical (unpaired) electrons. The van der Waals surface area contributed by atoms with Crippen molar-refractivity contribution >= 4 is 12.6 Å². The minimum Gasteiger partial charge on any atom is -0.379 e. The van der Waals surface area contributed by atoms with Crippen LogP contribution in [-0.2, 0) is 14.3 Å². The van der Waals surface area contributed by atoms with Crippen LogP contribution < -0.4 is 0 Å². The number of benzene rings is 1. The Balaban J connectivity index is 1.72. The summed E-state index contributed by atoms with van der Waals surface area (Å²) in [4.78, 5) is 18.7. The standard InChI is InChI=1S/C26H33F3N3O3/c1-18(32-13-15-34-16-14-32)22-10-9-21(17-30-22)19-5-7-20(8-6-19)23(11-12-27)35-26(2,3)31(4)25(33)24(28)29/h5-10,17-18,23-24H,4,11-16H2,1-3H3/q+1. The number of rotatable bonds is 10. The lowest BCUT2D eigenvalue weighted by Crippen LogP contribution is -2.45. The lowest BCUT2D eigenvalue weighted by molar-refractivity contribution is -0.589. The van der Waals surface area contributed by atoms with Gasteiger partial charge in [-0.15, -0.1) is 4.58 Å². The first-order chi connectivity index (χ1) is 16.6. The zero-order valence-electron chi connectivity index (χ0n) is 20.4. The van der Waals surface area contributed by atoms with Crippen molar-refractivity contribution in [1.82, 2.24) is 9.88 Å². The molecule has 2 heterocycles. The Hall–Kier alpha value is -2.62. The number of ether oxygens (including phenoxy) is 2.